The molecule has 1 amide bonds. The first kappa shape index (κ1) is 25.0. The van der Waals surface area contributed by atoms with E-state index in [1.165, 1.54) is 11.1 Å². The number of rotatable bonds is 6. The molecule has 2 aromatic rings. The molecule has 1 saturated heterocycles. The van der Waals surface area contributed by atoms with E-state index in [2.05, 4.69) is 51.1 Å². The van der Waals surface area contributed by atoms with E-state index in [-0.39, 0.29) is 11.9 Å². The molecule has 0 N–H and O–H groups in total. The molecule has 1 aliphatic carbocycles. The number of thiophene rings is 1. The molecule has 1 aromatic heterocycles. The average Bonchev–Trinajstić information content (AvgIpc) is 3.40. The van der Waals surface area contributed by atoms with E-state index in [4.69, 9.17) is 9.47 Å². The maximum Gasteiger partial charge on any atom is 0.268 e. The number of para-hydroxylation sites is 1. The molecule has 1 fully saturated rings. The van der Waals surface area contributed by atoms with Crippen molar-refractivity contribution in [3.8, 4) is 0 Å². The normalized spacial score (nSPS) is 21.6. The predicted octanol–water partition coefficient (Wildman–Crippen LogP) is 5.99. The first-order valence-electron chi connectivity index (χ1n) is 13.7. The van der Waals surface area contributed by atoms with Crippen LogP contribution >= 0.6 is 11.3 Å². The molecule has 6 nitrogen and oxygen atoms in total. The molecule has 3 aliphatic heterocycles. The second kappa shape index (κ2) is 11.2. The van der Waals surface area contributed by atoms with Crippen molar-refractivity contribution in [1.82, 2.24) is 9.80 Å². The van der Waals surface area contributed by atoms with Crippen LogP contribution in [0.15, 0.2) is 83.7 Å². The topological polar surface area (TPSA) is 45.3 Å². The van der Waals surface area contributed by atoms with Crippen molar-refractivity contribution in [3.63, 3.8) is 0 Å². The Labute approximate surface area is 229 Å². The molecule has 0 bridgehead atoms. The van der Waals surface area contributed by atoms with Gasteiger partial charge >= 0.3 is 0 Å². The van der Waals surface area contributed by atoms with Gasteiger partial charge in [0.05, 0.1) is 10.9 Å². The number of benzene rings is 1. The van der Waals surface area contributed by atoms with Crippen LogP contribution in [-0.2, 0) is 15.9 Å². The number of carbonyl (C=O) groups is 1. The van der Waals surface area contributed by atoms with Gasteiger partial charge in [-0.2, -0.15) is 0 Å². The van der Waals surface area contributed by atoms with Gasteiger partial charge in [0.15, 0.2) is 6.26 Å². The van der Waals surface area contributed by atoms with Crippen LogP contribution in [0.25, 0.3) is 0 Å². The van der Waals surface area contributed by atoms with Gasteiger partial charge in [-0.05, 0) is 61.2 Å². The van der Waals surface area contributed by atoms with Crippen LogP contribution in [0.3, 0.4) is 0 Å². The fourth-order valence-corrected chi connectivity index (χ4v) is 6.63. The third-order valence-electron chi connectivity index (χ3n) is 7.91. The number of anilines is 1. The van der Waals surface area contributed by atoms with Gasteiger partial charge in [0.25, 0.3) is 5.91 Å². The number of nitrogens with zero attached hydrogens (tertiary/aromatic N) is 3. The Morgan fingerprint density at radius 1 is 1.05 bits per heavy atom. The number of aryl methyl sites for hydroxylation is 2. The second-order valence-corrected chi connectivity index (χ2v) is 11.4. The van der Waals surface area contributed by atoms with Crippen molar-refractivity contribution < 1.29 is 14.3 Å². The molecular formula is C31H35N3O3S. The number of carbonyl (C=O) groups excluding carboxylic acids is 1. The molecule has 4 aliphatic rings. The highest BCUT2D eigenvalue weighted by Crippen LogP contribution is 2.34. The van der Waals surface area contributed by atoms with Crippen molar-refractivity contribution in [2.75, 3.05) is 37.6 Å². The van der Waals surface area contributed by atoms with Crippen molar-refractivity contribution in [1.29, 1.82) is 0 Å². The maximum absolute atomic E-state index is 13.8. The summed E-state index contributed by atoms with van der Waals surface area (Å²) in [7, 11) is 0. The Kier molecular flexibility index (Phi) is 7.38. The minimum atomic E-state index is 0.133. The highest BCUT2D eigenvalue weighted by atomic mass is 32.1. The summed E-state index contributed by atoms with van der Waals surface area (Å²) in [5.41, 5.74) is 4.77. The summed E-state index contributed by atoms with van der Waals surface area (Å²) < 4.78 is 11.9. The summed E-state index contributed by atoms with van der Waals surface area (Å²) in [6, 6.07) is 10.6. The van der Waals surface area contributed by atoms with Gasteiger partial charge < -0.3 is 19.3 Å². The lowest BCUT2D eigenvalue weighted by atomic mass is 9.94. The SMILES string of the molecule is Cc1ccsc1C(=O)N1c2ccccc2CCC1CN1CCN(C2=COC(CC3=CC=CCC3)=CO2)CC1. The van der Waals surface area contributed by atoms with Gasteiger partial charge in [-0.3, -0.25) is 9.69 Å². The van der Waals surface area contributed by atoms with Crippen LogP contribution in [-0.4, -0.2) is 54.5 Å². The fourth-order valence-electron chi connectivity index (χ4n) is 5.77. The molecule has 1 unspecified atom stereocenters. The summed E-state index contributed by atoms with van der Waals surface area (Å²) >= 11 is 1.55. The van der Waals surface area contributed by atoms with Crippen LogP contribution in [0.4, 0.5) is 5.69 Å². The Morgan fingerprint density at radius 2 is 1.92 bits per heavy atom. The van der Waals surface area contributed by atoms with Crippen LogP contribution in [0.5, 0.6) is 0 Å². The summed E-state index contributed by atoms with van der Waals surface area (Å²) in [6.45, 7) is 6.50. The Bertz CT molecular complexity index is 1300. The van der Waals surface area contributed by atoms with Gasteiger partial charge in [0.2, 0.25) is 5.88 Å². The quantitative estimate of drug-likeness (QED) is 0.460. The van der Waals surface area contributed by atoms with Crippen molar-refractivity contribution in [3.05, 3.63) is 99.7 Å². The molecule has 1 atom stereocenters. The van der Waals surface area contributed by atoms with E-state index in [0.29, 0.717) is 0 Å². The molecule has 1 aromatic carbocycles. The second-order valence-electron chi connectivity index (χ2n) is 10.5. The third-order valence-corrected chi connectivity index (χ3v) is 8.92. The first-order valence-corrected chi connectivity index (χ1v) is 14.5. The van der Waals surface area contributed by atoms with E-state index in [0.717, 1.165) is 92.6 Å². The first-order chi connectivity index (χ1) is 18.7. The van der Waals surface area contributed by atoms with Gasteiger partial charge in [-0.15, -0.1) is 11.3 Å². The number of hydrogen-bond donors (Lipinski definition) is 0. The fraction of sp³-hybridized carbons (Fsp3) is 0.387. The smallest absolute Gasteiger partial charge is 0.268 e. The Morgan fingerprint density at radius 3 is 2.66 bits per heavy atom. The van der Waals surface area contributed by atoms with Crippen LogP contribution < -0.4 is 4.90 Å². The molecule has 0 saturated carbocycles. The lowest BCUT2D eigenvalue weighted by Crippen LogP contribution is -2.54. The third kappa shape index (κ3) is 5.31. The Hall–Kier alpha value is -3.29. The van der Waals surface area contributed by atoms with Gasteiger partial charge in [0, 0.05) is 44.8 Å². The van der Waals surface area contributed by atoms with Gasteiger partial charge in [-0.1, -0.05) is 42.0 Å². The highest BCUT2D eigenvalue weighted by molar-refractivity contribution is 7.12. The molecule has 0 spiro atoms. The van der Waals surface area contributed by atoms with Crippen molar-refractivity contribution >= 4 is 22.9 Å². The lowest BCUT2D eigenvalue weighted by molar-refractivity contribution is 0.0778. The average molecular weight is 530 g/mol. The standard InChI is InChI=1S/C31H35N3O3S/c1-23-13-18-38-30(23)31(35)34-26(12-11-25-9-5-6-10-28(25)34)20-32-14-16-33(17-15-32)29-22-36-27(21-37-29)19-24-7-3-2-4-8-24/h2-3,5-7,9-10,13,18,21-22,26H,4,8,11-12,14-17,19-20H2,1H3. The molecule has 6 rings (SSSR count). The van der Waals surface area contributed by atoms with E-state index in [1.807, 2.05) is 24.4 Å². The van der Waals surface area contributed by atoms with Gasteiger partial charge in [0.1, 0.15) is 12.0 Å². The molecule has 7 heteroatoms. The van der Waals surface area contributed by atoms with E-state index in [1.54, 1.807) is 23.9 Å². The summed E-state index contributed by atoms with van der Waals surface area (Å²) in [5.74, 6) is 1.77. The molecular weight excluding hydrogens is 494 g/mol. The van der Waals surface area contributed by atoms with E-state index < -0.39 is 0 Å². The largest absolute Gasteiger partial charge is 0.460 e. The van der Waals surface area contributed by atoms with Crippen LogP contribution in [0.1, 0.15) is 46.5 Å². The highest BCUT2D eigenvalue weighted by Gasteiger charge is 2.34. The summed E-state index contributed by atoms with van der Waals surface area (Å²) in [5, 5.41) is 2.02. The summed E-state index contributed by atoms with van der Waals surface area (Å²) in [4.78, 5) is 21.4. The zero-order chi connectivity index (χ0) is 25.9. The van der Waals surface area contributed by atoms with Gasteiger partial charge in [-0.25, -0.2) is 0 Å². The number of amides is 1. The number of hydrogen-bond acceptors (Lipinski definition) is 6. The summed E-state index contributed by atoms with van der Waals surface area (Å²) in [6.07, 6.45) is 15.0. The van der Waals surface area contributed by atoms with Crippen LogP contribution in [0, 0.1) is 6.92 Å². The number of piperazine rings is 1. The molecule has 38 heavy (non-hydrogen) atoms. The Balaban J connectivity index is 1.07. The molecule has 4 heterocycles. The van der Waals surface area contributed by atoms with E-state index >= 15 is 0 Å². The number of allylic oxidation sites excluding steroid dienone is 4. The van der Waals surface area contributed by atoms with Crippen molar-refractivity contribution in [2.24, 2.45) is 0 Å². The maximum atomic E-state index is 13.8. The van der Waals surface area contributed by atoms with Crippen LogP contribution in [0.2, 0.25) is 0 Å². The minimum Gasteiger partial charge on any atom is -0.460 e. The lowest BCUT2D eigenvalue weighted by Gasteiger charge is -2.42. The molecule has 198 valence electrons. The predicted molar refractivity (Wildman–Crippen MR) is 152 cm³/mol. The number of ether oxygens (including phenoxy) is 2. The number of fused-ring (bicyclic) bond motifs is 1. The zero-order valence-electron chi connectivity index (χ0n) is 22.0. The van der Waals surface area contributed by atoms with E-state index in [9.17, 15) is 4.79 Å². The zero-order valence-corrected chi connectivity index (χ0v) is 22.8. The van der Waals surface area contributed by atoms with Crippen molar-refractivity contribution in [2.45, 2.75) is 45.1 Å². The molecule has 0 radical (unpaired) electrons. The minimum absolute atomic E-state index is 0.133. The monoisotopic (exact) mass is 529 g/mol.